The molecule has 1 heterocycles. The first kappa shape index (κ1) is 18.9. The van der Waals surface area contributed by atoms with Crippen LogP contribution in [0, 0.1) is 17.2 Å². The number of amides is 1. The van der Waals surface area contributed by atoms with Crippen molar-refractivity contribution in [1.29, 1.82) is 5.26 Å². The smallest absolute Gasteiger partial charge is 0.349 e. The summed E-state index contributed by atoms with van der Waals surface area (Å²) in [6.45, 7) is 3.79. The Bertz CT molecular complexity index is 728. The Morgan fingerprint density at radius 2 is 2.12 bits per heavy atom. The number of ether oxygens (including phenoxy) is 1. The van der Waals surface area contributed by atoms with Crippen molar-refractivity contribution in [3.8, 4) is 6.07 Å². The number of fused-ring (bicyclic) bond motifs is 1. The minimum atomic E-state index is -0.910. The maximum absolute atomic E-state index is 12.4. The monoisotopic (exact) mass is 374 g/mol. The third-order valence-corrected chi connectivity index (χ3v) is 6.68. The number of hydrogen-bond donors (Lipinski definition) is 1. The number of rotatable bonds is 4. The Balaban J connectivity index is 1.60. The van der Waals surface area contributed by atoms with Gasteiger partial charge in [-0.1, -0.05) is 26.2 Å². The molecule has 6 heteroatoms. The number of hydrogen-bond acceptors (Lipinski definition) is 5. The van der Waals surface area contributed by atoms with E-state index in [0.717, 1.165) is 38.5 Å². The molecule has 1 N–H and O–H groups in total. The largest absolute Gasteiger partial charge is 0.448 e. The van der Waals surface area contributed by atoms with Gasteiger partial charge in [-0.25, -0.2) is 4.79 Å². The van der Waals surface area contributed by atoms with Crippen LogP contribution in [-0.4, -0.2) is 23.5 Å². The molecule has 1 saturated carbocycles. The van der Waals surface area contributed by atoms with E-state index in [0.29, 0.717) is 23.6 Å². The van der Waals surface area contributed by atoms with Gasteiger partial charge in [-0.2, -0.15) is 5.26 Å². The number of esters is 1. The van der Waals surface area contributed by atoms with Gasteiger partial charge in [0.05, 0.1) is 6.07 Å². The Hall–Kier alpha value is -1.87. The predicted octanol–water partition coefficient (Wildman–Crippen LogP) is 3.76. The Morgan fingerprint density at radius 3 is 2.81 bits per heavy atom. The molecule has 1 fully saturated rings. The summed E-state index contributed by atoms with van der Waals surface area (Å²) < 4.78 is 5.38. The molecule has 140 valence electrons. The van der Waals surface area contributed by atoms with Crippen molar-refractivity contribution in [2.75, 3.05) is 0 Å². The zero-order valence-electron chi connectivity index (χ0n) is 15.5. The molecule has 0 spiro atoms. The lowest BCUT2D eigenvalue weighted by molar-refractivity contribution is -0.130. The fourth-order valence-corrected chi connectivity index (χ4v) is 4.93. The van der Waals surface area contributed by atoms with E-state index in [-0.39, 0.29) is 0 Å². The summed E-state index contributed by atoms with van der Waals surface area (Å²) in [6, 6.07) is 4.17. The zero-order valence-corrected chi connectivity index (χ0v) is 16.3. The highest BCUT2D eigenvalue weighted by Crippen LogP contribution is 2.33. The maximum atomic E-state index is 12.4. The van der Waals surface area contributed by atoms with Crippen LogP contribution in [0.4, 0.5) is 0 Å². The molecule has 3 rings (SSSR count). The molecular weight excluding hydrogens is 348 g/mol. The standard InChI is InChI=1S/C20H26N2O3S/c1-13-6-7-16-15(10-13)11-17(26-16)19(24)25-14(2)18(23)22-20(12-21)8-4-3-5-9-20/h11,13-14H,3-10H2,1-2H3,(H,22,23)/t13-,14-/m1/s1. The van der Waals surface area contributed by atoms with E-state index < -0.39 is 23.5 Å². The highest BCUT2D eigenvalue weighted by atomic mass is 32.1. The first-order valence-electron chi connectivity index (χ1n) is 9.48. The molecule has 1 amide bonds. The molecule has 0 saturated heterocycles. The minimum Gasteiger partial charge on any atom is -0.448 e. The van der Waals surface area contributed by atoms with Gasteiger partial charge in [0.1, 0.15) is 10.4 Å². The van der Waals surface area contributed by atoms with E-state index in [1.807, 2.05) is 6.07 Å². The summed E-state index contributed by atoms with van der Waals surface area (Å²) in [5.74, 6) is -0.200. The highest BCUT2D eigenvalue weighted by molar-refractivity contribution is 7.14. The van der Waals surface area contributed by atoms with Gasteiger partial charge in [0.25, 0.3) is 5.91 Å². The van der Waals surface area contributed by atoms with Gasteiger partial charge >= 0.3 is 5.97 Å². The molecule has 26 heavy (non-hydrogen) atoms. The molecule has 0 unspecified atom stereocenters. The van der Waals surface area contributed by atoms with Crippen molar-refractivity contribution in [3.05, 3.63) is 21.4 Å². The Labute approximate surface area is 158 Å². The van der Waals surface area contributed by atoms with Gasteiger partial charge in [-0.15, -0.1) is 11.3 Å². The topological polar surface area (TPSA) is 79.2 Å². The summed E-state index contributed by atoms with van der Waals surface area (Å²) in [4.78, 5) is 26.7. The number of nitrogens with zero attached hydrogens (tertiary/aromatic N) is 1. The Kier molecular flexibility index (Phi) is 5.67. The molecule has 1 aromatic rings. The third-order valence-electron chi connectivity index (χ3n) is 5.47. The van der Waals surface area contributed by atoms with E-state index in [1.54, 1.807) is 6.92 Å². The molecule has 2 atom stereocenters. The van der Waals surface area contributed by atoms with Crippen LogP contribution in [0.5, 0.6) is 0 Å². The molecular formula is C20H26N2O3S. The van der Waals surface area contributed by atoms with Crippen LogP contribution in [0.25, 0.3) is 0 Å². The van der Waals surface area contributed by atoms with Gasteiger partial charge in [0, 0.05) is 4.88 Å². The van der Waals surface area contributed by atoms with E-state index >= 15 is 0 Å². The normalized spacial score (nSPS) is 22.6. The predicted molar refractivity (Wildman–Crippen MR) is 100.0 cm³/mol. The lowest BCUT2D eigenvalue weighted by Gasteiger charge is -2.32. The van der Waals surface area contributed by atoms with Crippen LogP contribution in [0.3, 0.4) is 0 Å². The quantitative estimate of drug-likeness (QED) is 0.814. The zero-order chi connectivity index (χ0) is 18.7. The van der Waals surface area contributed by atoms with E-state index in [1.165, 1.54) is 21.8 Å². The highest BCUT2D eigenvalue weighted by Gasteiger charge is 2.35. The molecule has 1 aromatic heterocycles. The lowest BCUT2D eigenvalue weighted by atomic mass is 9.83. The van der Waals surface area contributed by atoms with Crippen LogP contribution >= 0.6 is 11.3 Å². The number of aryl methyl sites for hydroxylation is 1. The van der Waals surface area contributed by atoms with Gasteiger partial charge in [0.2, 0.25) is 0 Å². The number of carbonyl (C=O) groups is 2. The number of nitrogens with one attached hydrogen (secondary N) is 1. The second-order valence-corrected chi connectivity index (χ2v) is 8.84. The summed E-state index contributed by atoms with van der Waals surface area (Å²) in [5, 5.41) is 12.3. The van der Waals surface area contributed by atoms with Gasteiger partial charge < -0.3 is 10.1 Å². The molecule has 2 aliphatic carbocycles. The van der Waals surface area contributed by atoms with Gasteiger partial charge in [0.15, 0.2) is 6.10 Å². The molecule has 2 aliphatic rings. The molecule has 0 aromatic carbocycles. The fraction of sp³-hybridized carbons (Fsp3) is 0.650. The van der Waals surface area contributed by atoms with Crippen molar-refractivity contribution >= 4 is 23.2 Å². The number of nitriles is 1. The average molecular weight is 375 g/mol. The summed E-state index contributed by atoms with van der Waals surface area (Å²) in [7, 11) is 0. The first-order chi connectivity index (χ1) is 12.4. The minimum absolute atomic E-state index is 0.392. The molecule has 0 aliphatic heterocycles. The van der Waals surface area contributed by atoms with Gasteiger partial charge in [-0.05, 0) is 56.6 Å². The SMILES string of the molecule is C[C@@H]1CCc2sc(C(=O)O[C@H](C)C(=O)NC3(C#N)CCCCC3)cc2C1. The van der Waals surface area contributed by atoms with Crippen molar-refractivity contribution in [1.82, 2.24) is 5.32 Å². The van der Waals surface area contributed by atoms with Crippen molar-refractivity contribution in [2.45, 2.75) is 76.9 Å². The summed E-state index contributed by atoms with van der Waals surface area (Å²) >= 11 is 1.48. The van der Waals surface area contributed by atoms with Crippen molar-refractivity contribution in [3.63, 3.8) is 0 Å². The number of carbonyl (C=O) groups excluding carboxylic acids is 2. The maximum Gasteiger partial charge on any atom is 0.349 e. The molecule has 5 nitrogen and oxygen atoms in total. The van der Waals surface area contributed by atoms with E-state index in [2.05, 4.69) is 18.3 Å². The van der Waals surface area contributed by atoms with Crippen molar-refractivity contribution in [2.24, 2.45) is 5.92 Å². The van der Waals surface area contributed by atoms with E-state index in [9.17, 15) is 14.9 Å². The first-order valence-corrected chi connectivity index (χ1v) is 10.3. The summed E-state index contributed by atoms with van der Waals surface area (Å²) in [6.07, 6.45) is 6.52. The fourth-order valence-electron chi connectivity index (χ4n) is 3.84. The second-order valence-electron chi connectivity index (χ2n) is 7.70. The van der Waals surface area contributed by atoms with Crippen LogP contribution in [0.1, 0.15) is 72.5 Å². The second kappa shape index (κ2) is 7.79. The van der Waals surface area contributed by atoms with E-state index in [4.69, 9.17) is 4.74 Å². The third kappa shape index (κ3) is 4.09. The van der Waals surface area contributed by atoms with Crippen LogP contribution in [0.15, 0.2) is 6.07 Å². The van der Waals surface area contributed by atoms with Crippen LogP contribution in [0.2, 0.25) is 0 Å². The average Bonchev–Trinajstić information content (AvgIpc) is 3.05. The summed E-state index contributed by atoms with van der Waals surface area (Å²) in [5.41, 5.74) is 0.428. The molecule has 0 bridgehead atoms. The van der Waals surface area contributed by atoms with Crippen LogP contribution in [-0.2, 0) is 22.4 Å². The lowest BCUT2D eigenvalue weighted by Crippen LogP contribution is -2.52. The molecule has 0 radical (unpaired) electrons. The Morgan fingerprint density at radius 1 is 1.38 bits per heavy atom. The van der Waals surface area contributed by atoms with Crippen molar-refractivity contribution < 1.29 is 14.3 Å². The van der Waals surface area contributed by atoms with Crippen LogP contribution < -0.4 is 5.32 Å². The number of thiophene rings is 1. The van der Waals surface area contributed by atoms with Gasteiger partial charge in [-0.3, -0.25) is 4.79 Å².